The maximum atomic E-state index is 3.24. The van der Waals surface area contributed by atoms with Crippen molar-refractivity contribution in [3.8, 4) is 0 Å². The normalized spacial score (nSPS) is 22.1. The Labute approximate surface area is 123 Å². The average molecular weight is 273 g/mol. The van der Waals surface area contributed by atoms with Crippen molar-refractivity contribution in [2.75, 3.05) is 26.7 Å². The van der Waals surface area contributed by atoms with Crippen LogP contribution in [0.4, 0.5) is 0 Å². The molecule has 1 rings (SSSR count). The Morgan fingerprint density at radius 1 is 1.00 bits per heavy atom. The Hall–Kier alpha value is -0.0800. The Kier molecular flexibility index (Phi) is 17.8. The molecule has 0 bridgehead atoms. The quantitative estimate of drug-likeness (QED) is 0.790. The van der Waals surface area contributed by atoms with E-state index in [-0.39, 0.29) is 0 Å². The molecule has 0 aromatic carbocycles. The number of nitrogens with one attached hydrogen (secondary N) is 1. The lowest BCUT2D eigenvalue weighted by molar-refractivity contribution is 0.148. The summed E-state index contributed by atoms with van der Waals surface area (Å²) in [7, 11) is 2.04. The summed E-state index contributed by atoms with van der Waals surface area (Å²) in [5.74, 6) is 0.967. The third kappa shape index (κ3) is 11.4. The molecule has 118 valence electrons. The van der Waals surface area contributed by atoms with E-state index in [1.165, 1.54) is 45.2 Å². The van der Waals surface area contributed by atoms with E-state index in [0.717, 1.165) is 18.5 Å². The zero-order valence-corrected chi connectivity index (χ0v) is 14.8. The maximum absolute atomic E-state index is 3.24. The molecule has 0 amide bonds. The molecule has 1 saturated carbocycles. The van der Waals surface area contributed by atoms with Crippen LogP contribution >= 0.6 is 0 Å². The van der Waals surface area contributed by atoms with Gasteiger partial charge in [0.1, 0.15) is 0 Å². The van der Waals surface area contributed by atoms with Crippen molar-refractivity contribution in [1.29, 1.82) is 0 Å². The first kappa shape index (κ1) is 21.2. The number of nitrogens with zero attached hydrogens (tertiary/aromatic N) is 1. The average Bonchev–Trinajstić information content (AvgIpc) is 2.44. The monoisotopic (exact) mass is 272 g/mol. The first-order chi connectivity index (χ1) is 9.19. The van der Waals surface area contributed by atoms with Crippen molar-refractivity contribution in [3.63, 3.8) is 0 Å². The molecule has 1 N–H and O–H groups in total. The lowest BCUT2D eigenvalue weighted by atomic mass is 9.86. The maximum Gasteiger partial charge on any atom is 0.0110 e. The first-order valence-corrected chi connectivity index (χ1v) is 8.58. The number of hydrogen-bond acceptors (Lipinski definition) is 2. The molecule has 0 heterocycles. The van der Waals surface area contributed by atoms with Crippen LogP contribution < -0.4 is 5.32 Å². The summed E-state index contributed by atoms with van der Waals surface area (Å²) in [6.07, 6.45) is 6.94. The molecule has 2 heteroatoms. The molecule has 2 nitrogen and oxygen atoms in total. The molecule has 0 aromatic rings. The largest absolute Gasteiger partial charge is 0.318 e. The molecular formula is C17H40N2. The molecule has 0 aliphatic heterocycles. The Morgan fingerprint density at radius 2 is 1.47 bits per heavy atom. The lowest BCUT2D eigenvalue weighted by Crippen LogP contribution is -2.41. The van der Waals surface area contributed by atoms with Crippen molar-refractivity contribution in [2.45, 2.75) is 79.7 Å². The van der Waals surface area contributed by atoms with Crippen LogP contribution in [-0.4, -0.2) is 37.6 Å². The zero-order chi connectivity index (χ0) is 15.1. The second-order valence-corrected chi connectivity index (χ2v) is 5.35. The lowest BCUT2D eigenvalue weighted by Gasteiger charge is -2.35. The molecule has 19 heavy (non-hydrogen) atoms. The molecule has 0 atom stereocenters. The van der Waals surface area contributed by atoms with Gasteiger partial charge in [-0.15, -0.1) is 0 Å². The number of likely N-dealkylation sites (N-methyl/N-ethyl adjacent to an activating group) is 2. The van der Waals surface area contributed by atoms with Crippen LogP contribution in [-0.2, 0) is 0 Å². The summed E-state index contributed by atoms with van der Waals surface area (Å²) in [5.41, 5.74) is 0. The smallest absolute Gasteiger partial charge is 0.0110 e. The number of hydrogen-bond donors (Lipinski definition) is 1. The highest BCUT2D eigenvalue weighted by Gasteiger charge is 2.22. The van der Waals surface area contributed by atoms with Crippen LogP contribution in [0.2, 0.25) is 0 Å². The van der Waals surface area contributed by atoms with Crippen molar-refractivity contribution in [2.24, 2.45) is 5.92 Å². The summed E-state index contributed by atoms with van der Waals surface area (Å²) >= 11 is 0. The SMILES string of the molecule is CC.CCC.CCN(CCNC)C1CCC(C)CC1. The van der Waals surface area contributed by atoms with E-state index < -0.39 is 0 Å². The van der Waals surface area contributed by atoms with E-state index in [9.17, 15) is 0 Å². The van der Waals surface area contributed by atoms with Gasteiger partial charge in [0.15, 0.2) is 0 Å². The van der Waals surface area contributed by atoms with Gasteiger partial charge in [0.05, 0.1) is 0 Å². The van der Waals surface area contributed by atoms with Crippen molar-refractivity contribution >= 4 is 0 Å². The minimum Gasteiger partial charge on any atom is -0.318 e. The van der Waals surface area contributed by atoms with Gasteiger partial charge in [0.2, 0.25) is 0 Å². The highest BCUT2D eigenvalue weighted by molar-refractivity contribution is 4.77. The van der Waals surface area contributed by atoms with E-state index in [1.54, 1.807) is 0 Å². The van der Waals surface area contributed by atoms with Gasteiger partial charge >= 0.3 is 0 Å². The van der Waals surface area contributed by atoms with Crippen LogP contribution in [0.1, 0.15) is 73.6 Å². The molecule has 0 unspecified atom stereocenters. The summed E-state index contributed by atoms with van der Waals surface area (Å²) in [6.45, 7) is 16.5. The van der Waals surface area contributed by atoms with Crippen molar-refractivity contribution in [3.05, 3.63) is 0 Å². The first-order valence-electron chi connectivity index (χ1n) is 8.58. The summed E-state index contributed by atoms with van der Waals surface area (Å²) in [4.78, 5) is 2.64. The predicted octanol–water partition coefficient (Wildman–Crippen LogP) is 4.55. The minimum atomic E-state index is 0.865. The van der Waals surface area contributed by atoms with E-state index in [1.807, 2.05) is 20.9 Å². The number of rotatable bonds is 5. The van der Waals surface area contributed by atoms with E-state index >= 15 is 0 Å². The van der Waals surface area contributed by atoms with Gasteiger partial charge in [-0.05, 0) is 45.2 Å². The topological polar surface area (TPSA) is 15.3 Å². The summed E-state index contributed by atoms with van der Waals surface area (Å²) in [6, 6.07) is 0.865. The Morgan fingerprint density at radius 3 is 1.84 bits per heavy atom. The summed E-state index contributed by atoms with van der Waals surface area (Å²) in [5, 5.41) is 3.24. The van der Waals surface area contributed by atoms with Crippen LogP contribution in [0.25, 0.3) is 0 Å². The van der Waals surface area contributed by atoms with Gasteiger partial charge in [-0.3, -0.25) is 4.90 Å². The third-order valence-electron chi connectivity index (χ3n) is 3.56. The highest BCUT2D eigenvalue weighted by atomic mass is 15.2. The predicted molar refractivity (Wildman–Crippen MR) is 89.9 cm³/mol. The zero-order valence-electron chi connectivity index (χ0n) is 14.8. The standard InChI is InChI=1S/C12H26N2.C3H8.C2H6/c1-4-14(10-9-13-3)12-7-5-11(2)6-8-12;1-3-2;1-2/h11-13H,4-10H2,1-3H3;3H2,1-2H3;1-2H3. The van der Waals surface area contributed by atoms with Crippen molar-refractivity contribution < 1.29 is 0 Å². The van der Waals surface area contributed by atoms with E-state index in [4.69, 9.17) is 0 Å². The van der Waals surface area contributed by atoms with Gasteiger partial charge in [-0.2, -0.15) is 0 Å². The van der Waals surface area contributed by atoms with Gasteiger partial charge in [0.25, 0.3) is 0 Å². The van der Waals surface area contributed by atoms with Crippen LogP contribution in [0.3, 0.4) is 0 Å². The Bertz CT molecular complexity index is 149. The van der Waals surface area contributed by atoms with Gasteiger partial charge < -0.3 is 5.32 Å². The van der Waals surface area contributed by atoms with Crippen LogP contribution in [0.5, 0.6) is 0 Å². The molecule has 0 saturated heterocycles. The fraction of sp³-hybridized carbons (Fsp3) is 1.00. The molecule has 0 spiro atoms. The van der Waals surface area contributed by atoms with Gasteiger partial charge in [-0.25, -0.2) is 0 Å². The van der Waals surface area contributed by atoms with E-state index in [0.29, 0.717) is 0 Å². The summed E-state index contributed by atoms with van der Waals surface area (Å²) < 4.78 is 0. The van der Waals surface area contributed by atoms with Gasteiger partial charge in [-0.1, -0.05) is 48.0 Å². The second-order valence-electron chi connectivity index (χ2n) is 5.35. The van der Waals surface area contributed by atoms with Gasteiger partial charge in [0, 0.05) is 19.1 Å². The second kappa shape index (κ2) is 16.0. The highest BCUT2D eigenvalue weighted by Crippen LogP contribution is 2.26. The molecule has 0 radical (unpaired) electrons. The molecule has 1 aliphatic rings. The third-order valence-corrected chi connectivity index (χ3v) is 3.56. The van der Waals surface area contributed by atoms with Crippen molar-refractivity contribution in [1.82, 2.24) is 10.2 Å². The fourth-order valence-electron chi connectivity index (χ4n) is 2.46. The minimum absolute atomic E-state index is 0.865. The Balaban J connectivity index is 0. The molecule has 1 aliphatic carbocycles. The molecule has 1 fully saturated rings. The van der Waals surface area contributed by atoms with Crippen LogP contribution in [0, 0.1) is 5.92 Å². The molecule has 0 aromatic heterocycles. The molecular weight excluding hydrogens is 232 g/mol. The van der Waals surface area contributed by atoms with E-state index in [2.05, 4.69) is 37.9 Å². The van der Waals surface area contributed by atoms with Crippen LogP contribution in [0.15, 0.2) is 0 Å². The fourth-order valence-corrected chi connectivity index (χ4v) is 2.46.